The number of urea groups is 1. The van der Waals surface area contributed by atoms with Crippen LogP contribution in [0.5, 0.6) is 0 Å². The van der Waals surface area contributed by atoms with Gasteiger partial charge in [-0.2, -0.15) is 0 Å². The Kier molecular flexibility index (Phi) is 4.46. The van der Waals surface area contributed by atoms with E-state index in [0.29, 0.717) is 5.92 Å². The topological polar surface area (TPSA) is 32.3 Å². The average Bonchev–Trinajstić information content (AvgIpc) is 2.37. The Hall–Kier alpha value is -0.990. The second-order valence-corrected chi connectivity index (χ2v) is 5.51. The zero-order valence-electron chi connectivity index (χ0n) is 10.9. The van der Waals surface area contributed by atoms with E-state index in [1.165, 1.54) is 31.3 Å². The van der Waals surface area contributed by atoms with Gasteiger partial charge in [-0.15, -0.1) is 0 Å². The zero-order valence-corrected chi connectivity index (χ0v) is 10.9. The van der Waals surface area contributed by atoms with Crippen LogP contribution in [-0.2, 0) is 0 Å². The van der Waals surface area contributed by atoms with Crippen LogP contribution < -0.4 is 5.32 Å². The van der Waals surface area contributed by atoms with Crippen LogP contribution in [0.4, 0.5) is 4.79 Å². The maximum atomic E-state index is 12.0. The molecule has 1 atom stereocenters. The third-order valence-corrected chi connectivity index (χ3v) is 3.84. The van der Waals surface area contributed by atoms with Crippen LogP contribution in [0.2, 0.25) is 0 Å². The van der Waals surface area contributed by atoms with Crippen LogP contribution in [0, 0.1) is 5.92 Å². The SMILES string of the molecule is CC1CCCN(C(=O)NC=C2CCCCC2)C1. The Morgan fingerprint density at radius 2 is 2.06 bits per heavy atom. The molecule has 1 aliphatic carbocycles. The lowest BCUT2D eigenvalue weighted by atomic mass is 9.96. The normalized spacial score (nSPS) is 25.6. The van der Waals surface area contributed by atoms with Crippen LogP contribution in [0.1, 0.15) is 51.9 Å². The van der Waals surface area contributed by atoms with E-state index in [9.17, 15) is 4.79 Å². The van der Waals surface area contributed by atoms with Gasteiger partial charge < -0.3 is 10.2 Å². The van der Waals surface area contributed by atoms with Crippen molar-refractivity contribution in [3.05, 3.63) is 11.8 Å². The Bertz CT molecular complexity index is 291. The second kappa shape index (κ2) is 6.08. The number of nitrogens with zero attached hydrogens (tertiary/aromatic N) is 1. The summed E-state index contributed by atoms with van der Waals surface area (Å²) in [5, 5.41) is 2.97. The summed E-state index contributed by atoms with van der Waals surface area (Å²) in [5.41, 5.74) is 1.41. The molecular weight excluding hydrogens is 212 g/mol. The molecule has 0 aromatic rings. The van der Waals surface area contributed by atoms with Gasteiger partial charge in [0.05, 0.1) is 0 Å². The molecular formula is C14H24N2O. The number of amides is 2. The molecule has 2 aliphatic rings. The number of carbonyl (C=O) groups excluding carboxylic acids is 1. The predicted octanol–water partition coefficient (Wildman–Crippen LogP) is 3.28. The van der Waals surface area contributed by atoms with Crippen LogP contribution in [0.25, 0.3) is 0 Å². The fourth-order valence-electron chi connectivity index (χ4n) is 2.78. The molecule has 1 heterocycles. The molecule has 17 heavy (non-hydrogen) atoms. The molecule has 0 aromatic heterocycles. The molecule has 2 fully saturated rings. The zero-order chi connectivity index (χ0) is 12.1. The van der Waals surface area contributed by atoms with Crippen molar-refractivity contribution >= 4 is 6.03 Å². The van der Waals surface area contributed by atoms with Gasteiger partial charge >= 0.3 is 6.03 Å². The van der Waals surface area contributed by atoms with Gasteiger partial charge in [0, 0.05) is 19.3 Å². The minimum atomic E-state index is 0.0922. The minimum Gasteiger partial charge on any atom is -0.324 e. The number of piperidine rings is 1. The Morgan fingerprint density at radius 3 is 2.76 bits per heavy atom. The summed E-state index contributed by atoms with van der Waals surface area (Å²) in [6.45, 7) is 4.05. The second-order valence-electron chi connectivity index (χ2n) is 5.51. The van der Waals surface area contributed by atoms with Gasteiger partial charge in [0.25, 0.3) is 0 Å². The highest BCUT2D eigenvalue weighted by molar-refractivity contribution is 5.75. The average molecular weight is 236 g/mol. The van der Waals surface area contributed by atoms with Gasteiger partial charge in [0.1, 0.15) is 0 Å². The largest absolute Gasteiger partial charge is 0.324 e. The van der Waals surface area contributed by atoms with Crippen molar-refractivity contribution in [1.82, 2.24) is 10.2 Å². The molecule has 3 nitrogen and oxygen atoms in total. The lowest BCUT2D eigenvalue weighted by Crippen LogP contribution is -2.43. The summed E-state index contributed by atoms with van der Waals surface area (Å²) in [7, 11) is 0. The molecule has 0 bridgehead atoms. The van der Waals surface area contributed by atoms with E-state index in [-0.39, 0.29) is 6.03 Å². The summed E-state index contributed by atoms with van der Waals surface area (Å²) in [6, 6.07) is 0.0922. The standard InChI is InChI=1S/C14H24N2O/c1-12-6-5-9-16(11-12)14(17)15-10-13-7-3-2-4-8-13/h10,12H,2-9,11H2,1H3,(H,15,17). The van der Waals surface area contributed by atoms with Gasteiger partial charge in [0.2, 0.25) is 0 Å². The molecule has 96 valence electrons. The molecule has 0 radical (unpaired) electrons. The van der Waals surface area contributed by atoms with Crippen LogP contribution in [0.15, 0.2) is 11.8 Å². The van der Waals surface area contributed by atoms with Crippen LogP contribution in [-0.4, -0.2) is 24.0 Å². The van der Waals surface area contributed by atoms with Gasteiger partial charge in [-0.25, -0.2) is 4.79 Å². The predicted molar refractivity (Wildman–Crippen MR) is 69.7 cm³/mol. The number of likely N-dealkylation sites (tertiary alicyclic amines) is 1. The summed E-state index contributed by atoms with van der Waals surface area (Å²) in [5.74, 6) is 0.650. The molecule has 1 saturated heterocycles. The third-order valence-electron chi connectivity index (χ3n) is 3.84. The first kappa shape index (κ1) is 12.5. The quantitative estimate of drug-likeness (QED) is 0.744. The number of hydrogen-bond acceptors (Lipinski definition) is 1. The summed E-state index contributed by atoms with van der Waals surface area (Å²) >= 11 is 0. The maximum absolute atomic E-state index is 12.0. The molecule has 2 rings (SSSR count). The molecule has 1 saturated carbocycles. The molecule has 1 unspecified atom stereocenters. The lowest BCUT2D eigenvalue weighted by Gasteiger charge is -2.30. The highest BCUT2D eigenvalue weighted by atomic mass is 16.2. The van der Waals surface area contributed by atoms with E-state index in [2.05, 4.69) is 12.2 Å². The molecule has 2 amide bonds. The molecule has 0 aromatic carbocycles. The number of nitrogens with one attached hydrogen (secondary N) is 1. The Balaban J connectivity index is 1.79. The number of allylic oxidation sites excluding steroid dienone is 1. The molecule has 1 aliphatic heterocycles. The van der Waals surface area contributed by atoms with Gasteiger partial charge in [-0.1, -0.05) is 18.9 Å². The minimum absolute atomic E-state index is 0.0922. The van der Waals surface area contributed by atoms with Crippen molar-refractivity contribution < 1.29 is 4.79 Å². The van der Waals surface area contributed by atoms with E-state index in [1.807, 2.05) is 11.1 Å². The third kappa shape index (κ3) is 3.76. The summed E-state index contributed by atoms with van der Waals surface area (Å²) in [6.07, 6.45) is 10.6. The molecule has 0 spiro atoms. The Labute approximate surface area is 104 Å². The first-order valence-corrected chi connectivity index (χ1v) is 6.99. The molecule has 3 heteroatoms. The lowest BCUT2D eigenvalue weighted by molar-refractivity contribution is 0.173. The highest BCUT2D eigenvalue weighted by Gasteiger charge is 2.20. The summed E-state index contributed by atoms with van der Waals surface area (Å²) < 4.78 is 0. The fraction of sp³-hybridized carbons (Fsp3) is 0.786. The smallest absolute Gasteiger partial charge is 0.321 e. The highest BCUT2D eigenvalue weighted by Crippen LogP contribution is 2.22. The fourth-order valence-corrected chi connectivity index (χ4v) is 2.78. The Morgan fingerprint density at radius 1 is 1.29 bits per heavy atom. The molecule has 1 N–H and O–H groups in total. The number of carbonyl (C=O) groups is 1. The van der Waals surface area contributed by atoms with E-state index in [0.717, 1.165) is 32.4 Å². The van der Waals surface area contributed by atoms with Crippen molar-refractivity contribution in [3.8, 4) is 0 Å². The van der Waals surface area contributed by atoms with Crippen molar-refractivity contribution in [2.45, 2.75) is 51.9 Å². The monoisotopic (exact) mass is 236 g/mol. The first-order chi connectivity index (χ1) is 8.25. The van der Waals surface area contributed by atoms with Crippen molar-refractivity contribution in [1.29, 1.82) is 0 Å². The first-order valence-electron chi connectivity index (χ1n) is 6.99. The van der Waals surface area contributed by atoms with Crippen LogP contribution >= 0.6 is 0 Å². The maximum Gasteiger partial charge on any atom is 0.321 e. The van der Waals surface area contributed by atoms with Gasteiger partial charge in [0.15, 0.2) is 0 Å². The number of hydrogen-bond donors (Lipinski definition) is 1. The van der Waals surface area contributed by atoms with E-state index in [4.69, 9.17) is 0 Å². The van der Waals surface area contributed by atoms with Crippen molar-refractivity contribution in [2.24, 2.45) is 5.92 Å². The van der Waals surface area contributed by atoms with Crippen LogP contribution in [0.3, 0.4) is 0 Å². The summed E-state index contributed by atoms with van der Waals surface area (Å²) in [4.78, 5) is 13.9. The van der Waals surface area contributed by atoms with E-state index in [1.54, 1.807) is 0 Å². The number of rotatable bonds is 1. The van der Waals surface area contributed by atoms with E-state index >= 15 is 0 Å². The van der Waals surface area contributed by atoms with Gasteiger partial charge in [-0.3, -0.25) is 0 Å². The van der Waals surface area contributed by atoms with Gasteiger partial charge in [-0.05, 0) is 44.4 Å². The van der Waals surface area contributed by atoms with Crippen molar-refractivity contribution in [3.63, 3.8) is 0 Å². The van der Waals surface area contributed by atoms with Crippen molar-refractivity contribution in [2.75, 3.05) is 13.1 Å². The van der Waals surface area contributed by atoms with E-state index < -0.39 is 0 Å².